The zero-order valence-corrected chi connectivity index (χ0v) is 7.75. The third-order valence-corrected chi connectivity index (χ3v) is 2.52. The highest BCUT2D eigenvalue weighted by molar-refractivity contribution is 5.46. The first kappa shape index (κ1) is 9.52. The average Bonchev–Trinajstić information content (AvgIpc) is 2.02. The van der Waals surface area contributed by atoms with Gasteiger partial charge in [-0.05, 0) is 38.8 Å². The normalized spacial score (nSPS) is 21.1. The summed E-state index contributed by atoms with van der Waals surface area (Å²) in [4.78, 5) is 12.3. The van der Waals surface area contributed by atoms with Crippen LogP contribution in [0.15, 0.2) is 0 Å². The Morgan fingerprint density at radius 2 is 1.92 bits per heavy atom. The molecule has 0 unspecified atom stereocenters. The Labute approximate surface area is 74.1 Å². The number of hydrogen-bond donors (Lipinski definition) is 1. The fourth-order valence-corrected chi connectivity index (χ4v) is 1.69. The lowest BCUT2D eigenvalue weighted by Gasteiger charge is -2.26. The smallest absolute Gasteiger partial charge is 0.209 e. The number of hydrogen-bond acceptors (Lipinski definition) is 2. The standard InChI is InChI=1S/C9H18N2O/c1-11(8-12)9-4-2-6-10-7-3-5-9/h8-10H,2-7H2,1H3. The summed E-state index contributed by atoms with van der Waals surface area (Å²) in [5.41, 5.74) is 0. The van der Waals surface area contributed by atoms with Gasteiger partial charge in [-0.2, -0.15) is 0 Å². The van der Waals surface area contributed by atoms with Gasteiger partial charge in [0.05, 0.1) is 0 Å². The van der Waals surface area contributed by atoms with Crippen molar-refractivity contribution >= 4 is 6.41 Å². The minimum Gasteiger partial charge on any atom is -0.345 e. The Morgan fingerprint density at radius 1 is 1.33 bits per heavy atom. The second kappa shape index (κ2) is 5.14. The van der Waals surface area contributed by atoms with E-state index in [0.29, 0.717) is 6.04 Å². The maximum absolute atomic E-state index is 10.5. The quantitative estimate of drug-likeness (QED) is 0.616. The maximum atomic E-state index is 10.5. The van der Waals surface area contributed by atoms with Crippen molar-refractivity contribution in [1.29, 1.82) is 0 Å². The average molecular weight is 170 g/mol. The molecule has 1 saturated heterocycles. The van der Waals surface area contributed by atoms with Gasteiger partial charge in [-0.15, -0.1) is 0 Å². The molecule has 3 heteroatoms. The second-order valence-electron chi connectivity index (χ2n) is 3.46. The van der Waals surface area contributed by atoms with Crippen molar-refractivity contribution in [2.75, 3.05) is 20.1 Å². The maximum Gasteiger partial charge on any atom is 0.209 e. The van der Waals surface area contributed by atoms with E-state index in [-0.39, 0.29) is 0 Å². The van der Waals surface area contributed by atoms with Gasteiger partial charge in [-0.3, -0.25) is 4.79 Å². The first-order valence-electron chi connectivity index (χ1n) is 4.72. The van der Waals surface area contributed by atoms with Gasteiger partial charge in [-0.1, -0.05) is 0 Å². The minimum absolute atomic E-state index is 0.476. The van der Waals surface area contributed by atoms with Gasteiger partial charge in [0.15, 0.2) is 0 Å². The number of carbonyl (C=O) groups is 1. The van der Waals surface area contributed by atoms with Crippen molar-refractivity contribution in [2.45, 2.75) is 31.7 Å². The van der Waals surface area contributed by atoms with Crippen LogP contribution < -0.4 is 5.32 Å². The lowest BCUT2D eigenvalue weighted by atomic mass is 10.0. The van der Waals surface area contributed by atoms with Crippen LogP contribution in [0.2, 0.25) is 0 Å². The Morgan fingerprint density at radius 3 is 2.42 bits per heavy atom. The van der Waals surface area contributed by atoms with Crippen molar-refractivity contribution in [3.8, 4) is 0 Å². The van der Waals surface area contributed by atoms with E-state index in [4.69, 9.17) is 0 Å². The molecule has 0 atom stereocenters. The summed E-state index contributed by atoms with van der Waals surface area (Å²) in [6, 6.07) is 0.476. The van der Waals surface area contributed by atoms with E-state index in [2.05, 4.69) is 5.32 Å². The molecule has 1 aliphatic heterocycles. The summed E-state index contributed by atoms with van der Waals surface area (Å²) in [5.74, 6) is 0. The van der Waals surface area contributed by atoms with E-state index < -0.39 is 0 Å². The predicted octanol–water partition coefficient (Wildman–Crippen LogP) is 0.607. The van der Waals surface area contributed by atoms with Crippen LogP contribution in [0, 0.1) is 0 Å². The number of nitrogens with one attached hydrogen (secondary N) is 1. The van der Waals surface area contributed by atoms with Gasteiger partial charge in [0, 0.05) is 13.1 Å². The summed E-state index contributed by atoms with van der Waals surface area (Å²) < 4.78 is 0. The Kier molecular flexibility index (Phi) is 4.08. The number of rotatable bonds is 2. The van der Waals surface area contributed by atoms with E-state index in [9.17, 15) is 4.79 Å². The van der Waals surface area contributed by atoms with Crippen molar-refractivity contribution in [3.05, 3.63) is 0 Å². The molecule has 12 heavy (non-hydrogen) atoms. The lowest BCUT2D eigenvalue weighted by molar-refractivity contribution is -0.119. The van der Waals surface area contributed by atoms with Crippen LogP contribution in [0.25, 0.3) is 0 Å². The molecule has 1 fully saturated rings. The second-order valence-corrected chi connectivity index (χ2v) is 3.46. The highest BCUT2D eigenvalue weighted by atomic mass is 16.1. The van der Waals surface area contributed by atoms with Gasteiger partial charge in [-0.25, -0.2) is 0 Å². The SMILES string of the molecule is CN(C=O)C1CCCNCCC1. The zero-order chi connectivity index (χ0) is 8.81. The Bertz CT molecular complexity index is 130. The first-order chi connectivity index (χ1) is 5.84. The summed E-state index contributed by atoms with van der Waals surface area (Å²) >= 11 is 0. The minimum atomic E-state index is 0.476. The molecule has 1 N–H and O–H groups in total. The molecule has 1 amide bonds. The number of nitrogens with zero attached hydrogens (tertiary/aromatic N) is 1. The van der Waals surface area contributed by atoms with Crippen LogP contribution in [-0.2, 0) is 4.79 Å². The van der Waals surface area contributed by atoms with Crippen molar-refractivity contribution < 1.29 is 4.79 Å². The number of carbonyl (C=O) groups excluding carboxylic acids is 1. The van der Waals surface area contributed by atoms with Gasteiger partial charge >= 0.3 is 0 Å². The van der Waals surface area contributed by atoms with E-state index in [1.54, 1.807) is 0 Å². The lowest BCUT2D eigenvalue weighted by Crippen LogP contribution is -2.34. The molecule has 0 bridgehead atoms. The van der Waals surface area contributed by atoms with Crippen LogP contribution in [0.1, 0.15) is 25.7 Å². The van der Waals surface area contributed by atoms with Crippen LogP contribution >= 0.6 is 0 Å². The van der Waals surface area contributed by atoms with E-state index in [0.717, 1.165) is 32.3 Å². The third-order valence-electron chi connectivity index (χ3n) is 2.52. The summed E-state index contributed by atoms with van der Waals surface area (Å²) in [6.45, 7) is 2.20. The monoisotopic (exact) mass is 170 g/mol. The van der Waals surface area contributed by atoms with Gasteiger partial charge in [0.1, 0.15) is 0 Å². The van der Waals surface area contributed by atoms with E-state index >= 15 is 0 Å². The van der Waals surface area contributed by atoms with E-state index in [1.165, 1.54) is 12.8 Å². The largest absolute Gasteiger partial charge is 0.345 e. The molecular formula is C9H18N2O. The van der Waals surface area contributed by atoms with E-state index in [1.807, 2.05) is 11.9 Å². The van der Waals surface area contributed by atoms with Crippen LogP contribution in [0.5, 0.6) is 0 Å². The van der Waals surface area contributed by atoms with Gasteiger partial charge in [0.25, 0.3) is 0 Å². The Hall–Kier alpha value is -0.570. The number of amides is 1. The molecule has 0 aliphatic carbocycles. The molecule has 0 spiro atoms. The molecular weight excluding hydrogens is 152 g/mol. The fourth-order valence-electron chi connectivity index (χ4n) is 1.69. The summed E-state index contributed by atoms with van der Waals surface area (Å²) in [5, 5.41) is 3.36. The van der Waals surface area contributed by atoms with Gasteiger partial charge < -0.3 is 10.2 Å². The van der Waals surface area contributed by atoms with Crippen LogP contribution in [-0.4, -0.2) is 37.5 Å². The molecule has 0 aromatic carbocycles. The molecule has 1 rings (SSSR count). The molecule has 0 aromatic heterocycles. The molecule has 0 aromatic rings. The molecule has 70 valence electrons. The van der Waals surface area contributed by atoms with Gasteiger partial charge in [0.2, 0.25) is 6.41 Å². The summed E-state index contributed by atoms with van der Waals surface area (Å²) in [7, 11) is 1.88. The molecule has 0 saturated carbocycles. The fraction of sp³-hybridized carbons (Fsp3) is 0.889. The van der Waals surface area contributed by atoms with Crippen molar-refractivity contribution in [2.24, 2.45) is 0 Å². The zero-order valence-electron chi connectivity index (χ0n) is 7.75. The molecule has 1 aliphatic rings. The molecule has 3 nitrogen and oxygen atoms in total. The highest BCUT2D eigenvalue weighted by Gasteiger charge is 2.13. The Balaban J connectivity index is 2.33. The topological polar surface area (TPSA) is 32.3 Å². The van der Waals surface area contributed by atoms with Crippen LogP contribution in [0.3, 0.4) is 0 Å². The highest BCUT2D eigenvalue weighted by Crippen LogP contribution is 2.11. The third kappa shape index (κ3) is 2.81. The van der Waals surface area contributed by atoms with Crippen molar-refractivity contribution in [1.82, 2.24) is 10.2 Å². The molecule has 0 radical (unpaired) electrons. The molecule has 1 heterocycles. The first-order valence-corrected chi connectivity index (χ1v) is 4.72. The van der Waals surface area contributed by atoms with Crippen LogP contribution in [0.4, 0.5) is 0 Å². The summed E-state index contributed by atoms with van der Waals surface area (Å²) in [6.07, 6.45) is 5.59. The predicted molar refractivity (Wildman–Crippen MR) is 49.0 cm³/mol. The van der Waals surface area contributed by atoms with Crippen molar-refractivity contribution in [3.63, 3.8) is 0 Å².